The molecule has 6 nitrogen and oxygen atoms in total. The standard InChI is InChI=1S/C16H11ClN2O4/c17-12-5-1-10(2-6-12)15-18-14(23-19-15)9-22-16(21)11-3-7-13(20)8-4-11/h1-8,20H,9H2. The molecule has 0 unspecified atom stereocenters. The first kappa shape index (κ1) is 15.1. The third-order valence-electron chi connectivity index (χ3n) is 3.00. The molecule has 1 aromatic heterocycles. The molecule has 3 rings (SSSR count). The Morgan fingerprint density at radius 1 is 1.13 bits per heavy atom. The summed E-state index contributed by atoms with van der Waals surface area (Å²) in [6, 6.07) is 12.7. The van der Waals surface area contributed by atoms with Gasteiger partial charge in [0.1, 0.15) is 5.75 Å². The van der Waals surface area contributed by atoms with Gasteiger partial charge in [-0.3, -0.25) is 0 Å². The van der Waals surface area contributed by atoms with E-state index in [0.717, 1.165) is 5.56 Å². The Morgan fingerprint density at radius 2 is 1.83 bits per heavy atom. The molecular weight excluding hydrogens is 320 g/mol. The lowest BCUT2D eigenvalue weighted by atomic mass is 10.2. The number of halogens is 1. The molecule has 23 heavy (non-hydrogen) atoms. The summed E-state index contributed by atoms with van der Waals surface area (Å²) in [7, 11) is 0. The largest absolute Gasteiger partial charge is 0.508 e. The number of nitrogens with zero attached hydrogens (tertiary/aromatic N) is 2. The number of aromatic nitrogens is 2. The van der Waals surface area contributed by atoms with Crippen LogP contribution in [0, 0.1) is 0 Å². The predicted molar refractivity (Wildman–Crippen MR) is 82.0 cm³/mol. The van der Waals surface area contributed by atoms with Crippen LogP contribution in [0.2, 0.25) is 5.02 Å². The van der Waals surface area contributed by atoms with Crippen LogP contribution in [0.15, 0.2) is 53.1 Å². The topological polar surface area (TPSA) is 85.5 Å². The number of carbonyl (C=O) groups is 1. The van der Waals surface area contributed by atoms with Gasteiger partial charge in [-0.15, -0.1) is 0 Å². The third-order valence-corrected chi connectivity index (χ3v) is 3.25. The molecule has 0 atom stereocenters. The van der Waals surface area contributed by atoms with Gasteiger partial charge in [0.15, 0.2) is 6.61 Å². The van der Waals surface area contributed by atoms with E-state index in [2.05, 4.69) is 10.1 Å². The Kier molecular flexibility index (Phi) is 4.25. The third kappa shape index (κ3) is 3.67. The van der Waals surface area contributed by atoms with Gasteiger partial charge in [0.05, 0.1) is 5.56 Å². The van der Waals surface area contributed by atoms with Gasteiger partial charge in [0.25, 0.3) is 5.89 Å². The van der Waals surface area contributed by atoms with E-state index in [1.807, 2.05) is 0 Å². The highest BCUT2D eigenvalue weighted by molar-refractivity contribution is 6.30. The maximum absolute atomic E-state index is 11.8. The van der Waals surface area contributed by atoms with E-state index in [1.165, 1.54) is 24.3 Å². The molecule has 116 valence electrons. The van der Waals surface area contributed by atoms with E-state index in [0.29, 0.717) is 16.4 Å². The molecule has 0 aliphatic rings. The molecule has 0 fully saturated rings. The monoisotopic (exact) mass is 330 g/mol. The van der Waals surface area contributed by atoms with Crippen molar-refractivity contribution in [2.45, 2.75) is 6.61 Å². The Balaban J connectivity index is 1.64. The fraction of sp³-hybridized carbons (Fsp3) is 0.0625. The van der Waals surface area contributed by atoms with Gasteiger partial charge in [0, 0.05) is 10.6 Å². The first-order valence-corrected chi connectivity index (χ1v) is 7.04. The first-order valence-electron chi connectivity index (χ1n) is 6.66. The molecule has 0 aliphatic heterocycles. The molecule has 0 spiro atoms. The molecule has 7 heteroatoms. The molecule has 0 radical (unpaired) electrons. The quantitative estimate of drug-likeness (QED) is 0.737. The number of carbonyl (C=O) groups excluding carboxylic acids is 1. The van der Waals surface area contributed by atoms with Gasteiger partial charge >= 0.3 is 5.97 Å². The zero-order chi connectivity index (χ0) is 16.2. The van der Waals surface area contributed by atoms with Crippen LogP contribution in [0.4, 0.5) is 0 Å². The summed E-state index contributed by atoms with van der Waals surface area (Å²) in [5.41, 5.74) is 1.06. The molecule has 2 aromatic carbocycles. The fourth-order valence-corrected chi connectivity index (χ4v) is 1.96. The molecule has 1 heterocycles. The minimum absolute atomic E-state index is 0.0751. The van der Waals surface area contributed by atoms with Gasteiger partial charge in [-0.1, -0.05) is 16.8 Å². The summed E-state index contributed by atoms with van der Waals surface area (Å²) >= 11 is 5.82. The molecule has 0 bridgehead atoms. The van der Waals surface area contributed by atoms with Crippen molar-refractivity contribution in [3.05, 3.63) is 65.0 Å². The maximum atomic E-state index is 11.8. The number of hydrogen-bond donors (Lipinski definition) is 1. The summed E-state index contributed by atoms with van der Waals surface area (Å²) in [6.45, 7) is -0.139. The number of phenols is 1. The van der Waals surface area contributed by atoms with Gasteiger partial charge in [0.2, 0.25) is 5.82 Å². The number of phenolic OH excluding ortho intramolecular Hbond substituents is 1. The molecule has 0 amide bonds. The Labute approximate surface area is 136 Å². The Morgan fingerprint density at radius 3 is 2.52 bits per heavy atom. The summed E-state index contributed by atoms with van der Waals surface area (Å²) in [4.78, 5) is 16.0. The highest BCUT2D eigenvalue weighted by Gasteiger charge is 2.12. The van der Waals surface area contributed by atoms with E-state index >= 15 is 0 Å². The van der Waals surface area contributed by atoms with Gasteiger partial charge in [-0.2, -0.15) is 4.98 Å². The van der Waals surface area contributed by atoms with Crippen molar-refractivity contribution in [3.8, 4) is 17.1 Å². The minimum Gasteiger partial charge on any atom is -0.508 e. The van der Waals surface area contributed by atoms with Crippen molar-refractivity contribution in [1.82, 2.24) is 10.1 Å². The average molecular weight is 331 g/mol. The van der Waals surface area contributed by atoms with Crippen molar-refractivity contribution in [1.29, 1.82) is 0 Å². The van der Waals surface area contributed by atoms with Crippen LogP contribution in [0.25, 0.3) is 11.4 Å². The molecule has 0 saturated heterocycles. The van der Waals surface area contributed by atoms with Crippen molar-refractivity contribution in [2.75, 3.05) is 0 Å². The second-order valence-electron chi connectivity index (χ2n) is 4.64. The van der Waals surface area contributed by atoms with Crippen LogP contribution in [-0.2, 0) is 11.3 Å². The van der Waals surface area contributed by atoms with Crippen LogP contribution in [0.3, 0.4) is 0 Å². The van der Waals surface area contributed by atoms with E-state index < -0.39 is 5.97 Å². The number of esters is 1. The van der Waals surface area contributed by atoms with Crippen molar-refractivity contribution in [2.24, 2.45) is 0 Å². The van der Waals surface area contributed by atoms with Gasteiger partial charge in [-0.05, 0) is 48.5 Å². The molecular formula is C16H11ClN2O4. The smallest absolute Gasteiger partial charge is 0.338 e. The second-order valence-corrected chi connectivity index (χ2v) is 5.08. The first-order chi connectivity index (χ1) is 11.1. The SMILES string of the molecule is O=C(OCc1nc(-c2ccc(Cl)cc2)no1)c1ccc(O)cc1. The fourth-order valence-electron chi connectivity index (χ4n) is 1.84. The van der Waals surface area contributed by atoms with Crippen molar-refractivity contribution in [3.63, 3.8) is 0 Å². The minimum atomic E-state index is -0.545. The predicted octanol–water partition coefficient (Wildman–Crippen LogP) is 3.45. The van der Waals surface area contributed by atoms with Crippen LogP contribution < -0.4 is 0 Å². The van der Waals surface area contributed by atoms with E-state index in [9.17, 15) is 9.90 Å². The van der Waals surface area contributed by atoms with Crippen LogP contribution >= 0.6 is 11.6 Å². The summed E-state index contributed by atoms with van der Waals surface area (Å²) in [5, 5.41) is 13.6. The van der Waals surface area contributed by atoms with Gasteiger partial charge in [-0.25, -0.2) is 4.79 Å². The zero-order valence-electron chi connectivity index (χ0n) is 11.8. The molecule has 1 N–H and O–H groups in total. The van der Waals surface area contributed by atoms with Crippen molar-refractivity contribution < 1.29 is 19.2 Å². The lowest BCUT2D eigenvalue weighted by molar-refractivity contribution is 0.0430. The highest BCUT2D eigenvalue weighted by atomic mass is 35.5. The van der Waals surface area contributed by atoms with E-state index in [4.69, 9.17) is 20.9 Å². The second kappa shape index (κ2) is 6.50. The summed E-state index contributed by atoms with van der Waals surface area (Å²) in [5.74, 6) is 0.0988. The number of ether oxygens (including phenoxy) is 1. The summed E-state index contributed by atoms with van der Waals surface area (Å²) in [6.07, 6.45) is 0. The summed E-state index contributed by atoms with van der Waals surface area (Å²) < 4.78 is 10.1. The number of rotatable bonds is 4. The molecule has 0 saturated carbocycles. The van der Waals surface area contributed by atoms with Crippen LogP contribution in [0.5, 0.6) is 5.75 Å². The van der Waals surface area contributed by atoms with Gasteiger partial charge < -0.3 is 14.4 Å². The normalized spacial score (nSPS) is 10.5. The molecule has 0 aliphatic carbocycles. The number of hydrogen-bond acceptors (Lipinski definition) is 6. The number of benzene rings is 2. The lowest BCUT2D eigenvalue weighted by Crippen LogP contribution is -2.05. The lowest BCUT2D eigenvalue weighted by Gasteiger charge is -2.01. The highest BCUT2D eigenvalue weighted by Crippen LogP contribution is 2.19. The Bertz CT molecular complexity index is 813. The van der Waals surface area contributed by atoms with Crippen molar-refractivity contribution >= 4 is 17.6 Å². The zero-order valence-corrected chi connectivity index (χ0v) is 12.5. The Hall–Kier alpha value is -2.86. The molecule has 3 aromatic rings. The van der Waals surface area contributed by atoms with Crippen LogP contribution in [-0.4, -0.2) is 21.2 Å². The van der Waals surface area contributed by atoms with E-state index in [-0.39, 0.29) is 18.2 Å². The number of aromatic hydroxyl groups is 1. The van der Waals surface area contributed by atoms with E-state index in [1.54, 1.807) is 24.3 Å². The maximum Gasteiger partial charge on any atom is 0.338 e. The van der Waals surface area contributed by atoms with Crippen LogP contribution in [0.1, 0.15) is 16.2 Å². The average Bonchev–Trinajstić information content (AvgIpc) is 3.03.